The Labute approximate surface area is 185 Å². The van der Waals surface area contributed by atoms with E-state index < -0.39 is 10.2 Å². The molecule has 4 rings (SSSR count). The number of rotatable bonds is 4. The van der Waals surface area contributed by atoms with Crippen molar-refractivity contribution in [3.05, 3.63) is 64.4 Å². The fourth-order valence-corrected chi connectivity index (χ4v) is 4.93. The van der Waals surface area contributed by atoms with Crippen molar-refractivity contribution < 1.29 is 33.4 Å². The summed E-state index contributed by atoms with van der Waals surface area (Å²) in [7, 11) is -4.94. The summed E-state index contributed by atoms with van der Waals surface area (Å²) >= 11 is 8.42. The number of benzene rings is 2. The van der Waals surface area contributed by atoms with Gasteiger partial charge in [-0.1, -0.05) is 59.3 Å². The molecule has 9 heteroatoms. The fraction of sp³-hybridized carbons (Fsp3) is 0.190. The van der Waals surface area contributed by atoms with E-state index in [1.807, 2.05) is 17.4 Å². The number of nitrogens with zero attached hydrogens (tertiary/aromatic N) is 2. The van der Waals surface area contributed by atoms with Gasteiger partial charge in [-0.25, -0.2) is 18.6 Å². The molecule has 0 saturated carbocycles. The molecule has 0 atom stereocenters. The lowest BCUT2D eigenvalue weighted by atomic mass is 10.2. The minimum absolute atomic E-state index is 0.817. The monoisotopic (exact) mass is 466 g/mol. The normalized spacial score (nSPS) is 12.0. The van der Waals surface area contributed by atoms with Gasteiger partial charge in [0.25, 0.3) is 5.01 Å². The Morgan fingerprint density at radius 3 is 2.20 bits per heavy atom. The topological polar surface area (TPSA) is 101 Å². The molecule has 0 aliphatic rings. The third-order valence-corrected chi connectivity index (χ3v) is 6.14. The molecule has 2 heterocycles. The predicted octanol–water partition coefficient (Wildman–Crippen LogP) is 1.25. The number of fused-ring (bicyclic) bond motifs is 2. The maximum Gasteiger partial charge on any atom is 0.262 e. The highest BCUT2D eigenvalue weighted by molar-refractivity contribution is 7.18. The zero-order valence-electron chi connectivity index (χ0n) is 16.4. The lowest BCUT2D eigenvalue weighted by Gasteiger charge is -2.17. The number of aryl methyl sites for hydroxylation is 1. The van der Waals surface area contributed by atoms with Crippen LogP contribution in [0.2, 0.25) is 5.15 Å². The molecule has 30 heavy (non-hydrogen) atoms. The van der Waals surface area contributed by atoms with Gasteiger partial charge in [-0.2, -0.15) is 4.57 Å². The van der Waals surface area contributed by atoms with E-state index in [1.54, 1.807) is 0 Å². The standard InChI is InChI=1S/C21H20ClN2S.ClHO4/c1-3-23-18-11-7-8-12-19(18)25-20(23)14-13-17-15-9-5-6-10-16(15)21(22)24(17)4-2;2-1(3,4)5/h5-14H,3-4H2,1-2H3;(H,2,3,4,5)/q+1;/p-1. The molecule has 4 aromatic rings. The number of halogens is 2. The van der Waals surface area contributed by atoms with Crippen LogP contribution in [0.4, 0.5) is 0 Å². The van der Waals surface area contributed by atoms with E-state index in [9.17, 15) is 0 Å². The first-order valence-corrected chi connectivity index (χ1v) is 11.6. The smallest absolute Gasteiger partial charge is 0.262 e. The molecule has 6 nitrogen and oxygen atoms in total. The van der Waals surface area contributed by atoms with Gasteiger partial charge in [-0.15, -0.1) is 10.2 Å². The van der Waals surface area contributed by atoms with E-state index in [0.29, 0.717) is 0 Å². The zero-order chi connectivity index (χ0) is 21.9. The van der Waals surface area contributed by atoms with Gasteiger partial charge >= 0.3 is 0 Å². The summed E-state index contributed by atoms with van der Waals surface area (Å²) in [5.74, 6) is 0. The summed E-state index contributed by atoms with van der Waals surface area (Å²) in [6, 6.07) is 16.9. The highest BCUT2D eigenvalue weighted by atomic mass is 35.7. The maximum atomic E-state index is 8.49. The molecule has 0 saturated heterocycles. The third kappa shape index (κ3) is 5.01. The second-order valence-corrected chi connectivity index (χ2v) is 8.51. The van der Waals surface area contributed by atoms with Gasteiger partial charge in [0.15, 0.2) is 0 Å². The lowest BCUT2D eigenvalue weighted by Crippen LogP contribution is -2.68. The van der Waals surface area contributed by atoms with Crippen LogP contribution in [0.25, 0.3) is 33.1 Å². The molecule has 0 unspecified atom stereocenters. The van der Waals surface area contributed by atoms with E-state index in [1.165, 1.54) is 26.3 Å². The summed E-state index contributed by atoms with van der Waals surface area (Å²) in [6.07, 6.45) is 4.42. The molecule has 0 N–H and O–H groups in total. The second kappa shape index (κ2) is 9.45. The number of para-hydroxylation sites is 1. The summed E-state index contributed by atoms with van der Waals surface area (Å²) in [6.45, 7) is 6.14. The third-order valence-electron chi connectivity index (χ3n) is 4.61. The van der Waals surface area contributed by atoms with Crippen molar-refractivity contribution in [2.45, 2.75) is 26.9 Å². The minimum Gasteiger partial charge on any atom is -0.331 e. The van der Waals surface area contributed by atoms with Gasteiger partial charge in [0, 0.05) is 29.5 Å². The van der Waals surface area contributed by atoms with Crippen LogP contribution in [0.5, 0.6) is 0 Å². The van der Waals surface area contributed by atoms with E-state index in [0.717, 1.165) is 23.6 Å². The molecule has 2 aromatic carbocycles. The molecular formula is C21H20Cl2N2O4S. The van der Waals surface area contributed by atoms with Crippen molar-refractivity contribution in [2.24, 2.45) is 0 Å². The SMILES string of the molecule is CCn1c(Cl)c2ccccc2c1/C=C/c1sc2ccccc2[n+]1CC.[O-][Cl+3]([O-])([O-])[O-]. The van der Waals surface area contributed by atoms with Crippen LogP contribution in [0.1, 0.15) is 24.5 Å². The Morgan fingerprint density at radius 2 is 1.57 bits per heavy atom. The van der Waals surface area contributed by atoms with E-state index in [2.05, 4.69) is 77.6 Å². The molecule has 0 aliphatic heterocycles. The Morgan fingerprint density at radius 1 is 0.967 bits per heavy atom. The van der Waals surface area contributed by atoms with Crippen molar-refractivity contribution in [3.8, 4) is 0 Å². The Balaban J connectivity index is 0.000000461. The van der Waals surface area contributed by atoms with Crippen LogP contribution in [0, 0.1) is 10.2 Å². The Bertz CT molecular complexity index is 1190. The van der Waals surface area contributed by atoms with E-state index in [4.69, 9.17) is 30.2 Å². The quantitative estimate of drug-likeness (QED) is 0.422. The molecule has 0 amide bonds. The van der Waals surface area contributed by atoms with Gasteiger partial charge in [-0.05, 0) is 26.0 Å². The van der Waals surface area contributed by atoms with Crippen molar-refractivity contribution >= 4 is 56.1 Å². The summed E-state index contributed by atoms with van der Waals surface area (Å²) in [4.78, 5) is 0. The summed E-state index contributed by atoms with van der Waals surface area (Å²) in [5, 5.41) is 4.39. The van der Waals surface area contributed by atoms with Crippen LogP contribution >= 0.6 is 22.9 Å². The van der Waals surface area contributed by atoms with Gasteiger partial charge in [-0.3, -0.25) is 0 Å². The first kappa shape index (κ1) is 22.7. The first-order chi connectivity index (χ1) is 14.2. The van der Waals surface area contributed by atoms with Crippen LogP contribution in [-0.4, -0.2) is 4.57 Å². The highest BCUT2D eigenvalue weighted by Gasteiger charge is 2.17. The van der Waals surface area contributed by atoms with Gasteiger partial charge in [0.2, 0.25) is 5.52 Å². The highest BCUT2D eigenvalue weighted by Crippen LogP contribution is 2.32. The Hall–Kier alpha value is -1.97. The van der Waals surface area contributed by atoms with Gasteiger partial charge in [0.05, 0.1) is 5.69 Å². The number of thiazole rings is 1. The van der Waals surface area contributed by atoms with Crippen LogP contribution in [0.3, 0.4) is 0 Å². The maximum absolute atomic E-state index is 8.49. The molecular weight excluding hydrogens is 447 g/mol. The summed E-state index contributed by atoms with van der Waals surface area (Å²) < 4.78 is 39.8. The van der Waals surface area contributed by atoms with Crippen molar-refractivity contribution in [2.75, 3.05) is 0 Å². The summed E-state index contributed by atoms with van der Waals surface area (Å²) in [5.41, 5.74) is 2.46. The molecule has 0 fully saturated rings. The molecule has 0 aliphatic carbocycles. The lowest BCUT2D eigenvalue weighted by molar-refractivity contribution is -2.00. The van der Waals surface area contributed by atoms with Crippen LogP contribution < -0.4 is 23.2 Å². The second-order valence-electron chi connectivity index (χ2n) is 6.33. The van der Waals surface area contributed by atoms with Crippen molar-refractivity contribution in [1.82, 2.24) is 4.57 Å². The fourth-order valence-electron chi connectivity index (χ4n) is 3.43. The molecule has 158 valence electrons. The largest absolute Gasteiger partial charge is 0.331 e. The molecule has 2 aromatic heterocycles. The number of aromatic nitrogens is 2. The first-order valence-electron chi connectivity index (χ1n) is 9.22. The zero-order valence-corrected chi connectivity index (χ0v) is 18.7. The average Bonchev–Trinajstić information content (AvgIpc) is 3.19. The molecule has 0 bridgehead atoms. The van der Waals surface area contributed by atoms with Crippen molar-refractivity contribution in [3.63, 3.8) is 0 Å². The Kier molecular flexibility index (Phi) is 7.15. The molecule has 0 spiro atoms. The number of hydrogen-bond donors (Lipinski definition) is 0. The van der Waals surface area contributed by atoms with E-state index in [-0.39, 0.29) is 0 Å². The minimum atomic E-state index is -4.94. The average molecular weight is 467 g/mol. The van der Waals surface area contributed by atoms with E-state index >= 15 is 0 Å². The van der Waals surface area contributed by atoms with Crippen molar-refractivity contribution in [1.29, 1.82) is 0 Å². The van der Waals surface area contributed by atoms with Crippen LogP contribution in [-0.2, 0) is 13.1 Å². The van der Waals surface area contributed by atoms with Gasteiger partial charge in [0.1, 0.15) is 16.4 Å². The number of hydrogen-bond acceptors (Lipinski definition) is 5. The molecule has 0 radical (unpaired) electrons. The van der Waals surface area contributed by atoms with Crippen LogP contribution in [0.15, 0.2) is 48.5 Å². The van der Waals surface area contributed by atoms with Gasteiger partial charge < -0.3 is 4.57 Å². The predicted molar refractivity (Wildman–Crippen MR) is 109 cm³/mol.